The standard InChI is InChI=1S/C13H17N3O2S/c1-15-6-11(17)12(18)9-4-2-8(3-5-9)10-7-19-13(14)16-10/h2-5,7,11-12,15,17-18H,6H2,1H3,(H2,14,16). The van der Waals surface area contributed by atoms with Crippen molar-refractivity contribution in [3.63, 3.8) is 0 Å². The highest BCUT2D eigenvalue weighted by molar-refractivity contribution is 7.13. The van der Waals surface area contributed by atoms with E-state index in [9.17, 15) is 10.2 Å². The summed E-state index contributed by atoms with van der Waals surface area (Å²) in [6, 6.07) is 7.29. The number of hydrogen-bond acceptors (Lipinski definition) is 6. The van der Waals surface area contributed by atoms with Crippen LogP contribution in [0.3, 0.4) is 0 Å². The maximum absolute atomic E-state index is 9.96. The van der Waals surface area contributed by atoms with Gasteiger partial charge in [-0.2, -0.15) is 0 Å². The van der Waals surface area contributed by atoms with E-state index in [0.29, 0.717) is 17.2 Å². The number of nitrogens with two attached hydrogens (primary N) is 1. The van der Waals surface area contributed by atoms with Crippen LogP contribution in [0.2, 0.25) is 0 Å². The molecule has 0 aliphatic rings. The van der Waals surface area contributed by atoms with E-state index in [0.717, 1.165) is 11.3 Å². The second-order valence-corrected chi connectivity index (χ2v) is 5.15. The quantitative estimate of drug-likeness (QED) is 0.655. The lowest BCUT2D eigenvalue weighted by Crippen LogP contribution is -2.29. The van der Waals surface area contributed by atoms with Gasteiger partial charge < -0.3 is 21.3 Å². The highest BCUT2D eigenvalue weighted by Gasteiger charge is 2.17. The van der Waals surface area contributed by atoms with Crippen molar-refractivity contribution in [2.75, 3.05) is 19.3 Å². The Morgan fingerprint density at radius 2 is 2.00 bits per heavy atom. The van der Waals surface area contributed by atoms with Gasteiger partial charge in [-0.1, -0.05) is 24.3 Å². The number of thiazole rings is 1. The Morgan fingerprint density at radius 3 is 2.53 bits per heavy atom. The van der Waals surface area contributed by atoms with Crippen molar-refractivity contribution < 1.29 is 10.2 Å². The van der Waals surface area contributed by atoms with Gasteiger partial charge in [0.15, 0.2) is 5.13 Å². The summed E-state index contributed by atoms with van der Waals surface area (Å²) in [5, 5.41) is 24.9. The fourth-order valence-corrected chi connectivity index (χ4v) is 2.39. The number of nitrogens with zero attached hydrogens (tertiary/aromatic N) is 1. The van der Waals surface area contributed by atoms with Gasteiger partial charge in [-0.25, -0.2) is 4.98 Å². The maximum atomic E-state index is 9.96. The molecule has 0 bridgehead atoms. The summed E-state index contributed by atoms with van der Waals surface area (Å²) < 4.78 is 0. The molecule has 2 aromatic rings. The summed E-state index contributed by atoms with van der Waals surface area (Å²) >= 11 is 1.39. The van der Waals surface area contributed by atoms with Gasteiger partial charge in [0.05, 0.1) is 11.8 Å². The van der Waals surface area contributed by atoms with Crippen LogP contribution in [0.1, 0.15) is 11.7 Å². The molecule has 1 aromatic heterocycles. The number of benzene rings is 1. The van der Waals surface area contributed by atoms with Crippen LogP contribution in [0.5, 0.6) is 0 Å². The second-order valence-electron chi connectivity index (χ2n) is 4.26. The van der Waals surface area contributed by atoms with E-state index in [1.54, 1.807) is 19.2 Å². The zero-order valence-corrected chi connectivity index (χ0v) is 11.4. The van der Waals surface area contributed by atoms with Crippen LogP contribution in [0.25, 0.3) is 11.3 Å². The molecule has 0 radical (unpaired) electrons. The van der Waals surface area contributed by atoms with Gasteiger partial charge in [-0.05, 0) is 12.6 Å². The molecule has 5 nitrogen and oxygen atoms in total. The minimum Gasteiger partial charge on any atom is -0.389 e. The van der Waals surface area contributed by atoms with Crippen molar-refractivity contribution in [2.24, 2.45) is 0 Å². The third kappa shape index (κ3) is 3.30. The molecule has 1 heterocycles. The number of anilines is 1. The Bertz CT molecular complexity index is 527. The lowest BCUT2D eigenvalue weighted by atomic mass is 10.0. The predicted octanol–water partition coefficient (Wildman–Crippen LogP) is 1.01. The van der Waals surface area contributed by atoms with Gasteiger partial charge in [0.2, 0.25) is 0 Å². The highest BCUT2D eigenvalue weighted by Crippen LogP contribution is 2.25. The van der Waals surface area contributed by atoms with Crippen LogP contribution < -0.4 is 11.1 Å². The average molecular weight is 279 g/mol. The predicted molar refractivity (Wildman–Crippen MR) is 76.9 cm³/mol. The number of aliphatic hydroxyl groups excluding tert-OH is 2. The summed E-state index contributed by atoms with van der Waals surface area (Å²) in [4.78, 5) is 4.19. The molecule has 0 aliphatic carbocycles. The third-order valence-electron chi connectivity index (χ3n) is 2.85. The first-order chi connectivity index (χ1) is 9.11. The van der Waals surface area contributed by atoms with E-state index in [-0.39, 0.29) is 0 Å². The zero-order chi connectivity index (χ0) is 13.8. The number of nitrogens with one attached hydrogen (secondary N) is 1. The van der Waals surface area contributed by atoms with Gasteiger partial charge in [-0.3, -0.25) is 0 Å². The first-order valence-electron chi connectivity index (χ1n) is 5.94. The fourth-order valence-electron chi connectivity index (χ4n) is 1.81. The van der Waals surface area contributed by atoms with Gasteiger partial charge in [0.1, 0.15) is 6.10 Å². The Kier molecular flexibility index (Phi) is 4.49. The number of hydrogen-bond donors (Lipinski definition) is 4. The van der Waals surface area contributed by atoms with E-state index >= 15 is 0 Å². The lowest BCUT2D eigenvalue weighted by molar-refractivity contribution is 0.0202. The highest BCUT2D eigenvalue weighted by atomic mass is 32.1. The van der Waals surface area contributed by atoms with Crippen LogP contribution in [0, 0.1) is 0 Å². The summed E-state index contributed by atoms with van der Waals surface area (Å²) in [5.41, 5.74) is 8.03. The van der Waals surface area contributed by atoms with Crippen molar-refractivity contribution in [1.29, 1.82) is 0 Å². The Labute approximate surface area is 115 Å². The smallest absolute Gasteiger partial charge is 0.180 e. The number of aliphatic hydroxyl groups is 2. The van der Waals surface area contributed by atoms with Crippen LogP contribution >= 0.6 is 11.3 Å². The monoisotopic (exact) mass is 279 g/mol. The molecule has 0 amide bonds. The summed E-state index contributed by atoms with van der Waals surface area (Å²) in [5.74, 6) is 0. The Balaban J connectivity index is 2.14. The molecule has 2 rings (SSSR count). The van der Waals surface area contributed by atoms with Crippen LogP contribution in [-0.4, -0.2) is 34.9 Å². The minimum atomic E-state index is -0.901. The minimum absolute atomic E-state index is 0.339. The van der Waals surface area contributed by atoms with Crippen molar-refractivity contribution in [2.45, 2.75) is 12.2 Å². The lowest BCUT2D eigenvalue weighted by Gasteiger charge is -2.17. The molecular formula is C13H17N3O2S. The Morgan fingerprint density at radius 1 is 1.32 bits per heavy atom. The van der Waals surface area contributed by atoms with E-state index < -0.39 is 12.2 Å². The third-order valence-corrected chi connectivity index (χ3v) is 3.52. The maximum Gasteiger partial charge on any atom is 0.180 e. The van der Waals surface area contributed by atoms with Crippen molar-refractivity contribution in [3.8, 4) is 11.3 Å². The molecule has 2 unspecified atom stereocenters. The van der Waals surface area contributed by atoms with Crippen LogP contribution in [0.4, 0.5) is 5.13 Å². The van der Waals surface area contributed by atoms with Gasteiger partial charge in [0, 0.05) is 17.5 Å². The molecular weight excluding hydrogens is 262 g/mol. The second kappa shape index (κ2) is 6.12. The Hall–Kier alpha value is -1.47. The van der Waals surface area contributed by atoms with Crippen molar-refractivity contribution in [3.05, 3.63) is 35.2 Å². The molecule has 0 fully saturated rings. The fraction of sp³-hybridized carbons (Fsp3) is 0.308. The normalized spacial score (nSPS) is 14.3. The largest absolute Gasteiger partial charge is 0.389 e. The van der Waals surface area contributed by atoms with Gasteiger partial charge >= 0.3 is 0 Å². The molecule has 0 saturated carbocycles. The zero-order valence-electron chi connectivity index (χ0n) is 10.6. The van der Waals surface area contributed by atoms with Crippen LogP contribution in [-0.2, 0) is 0 Å². The van der Waals surface area contributed by atoms with Gasteiger partial charge in [0.25, 0.3) is 0 Å². The topological polar surface area (TPSA) is 91.4 Å². The molecule has 19 heavy (non-hydrogen) atoms. The number of nitrogen functional groups attached to an aromatic ring is 1. The van der Waals surface area contributed by atoms with Crippen LogP contribution in [0.15, 0.2) is 29.6 Å². The number of rotatable bonds is 5. The van der Waals surface area contributed by atoms with E-state index in [1.165, 1.54) is 11.3 Å². The van der Waals surface area contributed by atoms with Crippen molar-refractivity contribution >= 4 is 16.5 Å². The SMILES string of the molecule is CNCC(O)C(O)c1ccc(-c2csc(N)n2)cc1. The average Bonchev–Trinajstić information content (AvgIpc) is 2.85. The molecule has 0 saturated heterocycles. The van der Waals surface area contributed by atoms with E-state index in [4.69, 9.17) is 5.73 Å². The first-order valence-corrected chi connectivity index (χ1v) is 6.82. The molecule has 6 heteroatoms. The molecule has 0 spiro atoms. The molecule has 1 aromatic carbocycles. The van der Waals surface area contributed by atoms with E-state index in [2.05, 4.69) is 10.3 Å². The first kappa shape index (κ1) is 14.0. The number of likely N-dealkylation sites (N-methyl/N-ethyl adjacent to an activating group) is 1. The summed E-state index contributed by atoms with van der Waals surface area (Å²) in [7, 11) is 1.73. The molecule has 2 atom stereocenters. The van der Waals surface area contributed by atoms with Crippen molar-refractivity contribution in [1.82, 2.24) is 10.3 Å². The number of aromatic nitrogens is 1. The van der Waals surface area contributed by atoms with E-state index in [1.807, 2.05) is 17.5 Å². The molecule has 0 aliphatic heterocycles. The summed E-state index contributed by atoms with van der Waals surface area (Å²) in [6.07, 6.45) is -1.73. The molecule has 102 valence electrons. The van der Waals surface area contributed by atoms with Gasteiger partial charge in [-0.15, -0.1) is 11.3 Å². The summed E-state index contributed by atoms with van der Waals surface area (Å²) in [6.45, 7) is 0.339. The molecule has 5 N–H and O–H groups in total.